The Morgan fingerprint density at radius 1 is 1.20 bits per heavy atom. The molecule has 0 bridgehead atoms. The molecule has 2 aliphatic rings. The van der Waals surface area contributed by atoms with Crippen molar-refractivity contribution in [3.05, 3.63) is 64.1 Å². The van der Waals surface area contributed by atoms with Gasteiger partial charge in [-0.3, -0.25) is 19.3 Å². The van der Waals surface area contributed by atoms with Gasteiger partial charge in [0.1, 0.15) is 6.54 Å². The number of amides is 3. The Hall–Kier alpha value is -3.06. The van der Waals surface area contributed by atoms with Crippen molar-refractivity contribution < 1.29 is 14.4 Å². The second kappa shape index (κ2) is 9.53. The first kappa shape index (κ1) is 25.0. The predicted octanol–water partition coefficient (Wildman–Crippen LogP) is 6.17. The molecule has 2 aliphatic heterocycles. The minimum absolute atomic E-state index is 0.0591. The summed E-state index contributed by atoms with van der Waals surface area (Å²) in [7, 11) is 0. The Labute approximate surface area is 211 Å². The van der Waals surface area contributed by atoms with Crippen molar-refractivity contribution in [3.63, 3.8) is 0 Å². The molecule has 2 aromatic carbocycles. The number of nitrogens with zero attached hydrogens (tertiary/aromatic N) is 2. The molecule has 4 rings (SSSR count). The standard InChI is InChI=1S/C28H33N3O3S/c1-17(2)31-23-12-11-20(13-21(23)19(4)15-28(31,5)6)14-24-26(33)30(27(34)35-24)16-25(32)29-22-10-8-7-9-18(22)3/h7-14,17,19H,15-16H2,1-6H3,(H,29,32)/b24-14-/t19-/m0/s1. The number of imide groups is 1. The first-order valence-electron chi connectivity index (χ1n) is 12.0. The molecule has 0 aromatic heterocycles. The van der Waals surface area contributed by atoms with E-state index in [0.29, 0.717) is 22.6 Å². The first-order valence-corrected chi connectivity index (χ1v) is 12.8. The number of hydrogen-bond donors (Lipinski definition) is 1. The van der Waals surface area contributed by atoms with E-state index in [1.165, 1.54) is 11.3 Å². The maximum atomic E-state index is 13.0. The molecule has 0 aliphatic carbocycles. The highest BCUT2D eigenvalue weighted by Gasteiger charge is 2.38. The van der Waals surface area contributed by atoms with E-state index in [-0.39, 0.29) is 12.1 Å². The number of aryl methyl sites for hydroxylation is 1. The van der Waals surface area contributed by atoms with E-state index in [9.17, 15) is 14.4 Å². The van der Waals surface area contributed by atoms with Gasteiger partial charge in [0.15, 0.2) is 0 Å². The summed E-state index contributed by atoms with van der Waals surface area (Å²) in [5.41, 5.74) is 5.00. The van der Waals surface area contributed by atoms with Gasteiger partial charge in [-0.1, -0.05) is 31.2 Å². The van der Waals surface area contributed by atoms with Crippen LogP contribution in [0.2, 0.25) is 0 Å². The zero-order valence-corrected chi connectivity index (χ0v) is 22.0. The average molecular weight is 492 g/mol. The van der Waals surface area contributed by atoms with Gasteiger partial charge in [0.2, 0.25) is 5.91 Å². The molecular weight excluding hydrogens is 458 g/mol. The highest BCUT2D eigenvalue weighted by atomic mass is 32.2. The van der Waals surface area contributed by atoms with Crippen LogP contribution in [0, 0.1) is 6.92 Å². The summed E-state index contributed by atoms with van der Waals surface area (Å²) in [4.78, 5) is 41.9. The molecule has 35 heavy (non-hydrogen) atoms. The second-order valence-corrected chi connectivity index (χ2v) is 11.3. The van der Waals surface area contributed by atoms with Gasteiger partial charge in [-0.15, -0.1) is 0 Å². The monoisotopic (exact) mass is 491 g/mol. The third kappa shape index (κ3) is 5.01. The Morgan fingerprint density at radius 3 is 2.60 bits per heavy atom. The number of thioether (sulfide) groups is 1. The lowest BCUT2D eigenvalue weighted by Crippen LogP contribution is -2.51. The SMILES string of the molecule is Cc1ccccc1NC(=O)CN1C(=O)S/C(=C\c2ccc3c(c2)[C@@H](C)CC(C)(C)N3C(C)C)C1=O. The quantitative estimate of drug-likeness (QED) is 0.507. The summed E-state index contributed by atoms with van der Waals surface area (Å²) in [6.07, 6.45) is 2.80. The number of anilines is 2. The lowest BCUT2D eigenvalue weighted by molar-refractivity contribution is -0.127. The zero-order chi connectivity index (χ0) is 25.5. The summed E-state index contributed by atoms with van der Waals surface area (Å²) in [6, 6.07) is 14.0. The molecule has 0 spiro atoms. The molecule has 1 saturated heterocycles. The van der Waals surface area contributed by atoms with Crippen LogP contribution in [0.1, 0.15) is 63.6 Å². The van der Waals surface area contributed by atoms with Crippen molar-refractivity contribution in [1.29, 1.82) is 0 Å². The van der Waals surface area contributed by atoms with Gasteiger partial charge in [0.05, 0.1) is 4.91 Å². The van der Waals surface area contributed by atoms with Gasteiger partial charge < -0.3 is 10.2 Å². The highest BCUT2D eigenvalue weighted by molar-refractivity contribution is 8.18. The number of carbonyl (C=O) groups is 3. The van der Waals surface area contributed by atoms with E-state index >= 15 is 0 Å². The number of benzene rings is 2. The van der Waals surface area contributed by atoms with Gasteiger partial charge in [0.25, 0.3) is 11.1 Å². The third-order valence-corrected chi connectivity index (χ3v) is 7.62. The van der Waals surface area contributed by atoms with E-state index in [4.69, 9.17) is 0 Å². The normalized spacial score (nSPS) is 20.5. The van der Waals surface area contributed by atoms with E-state index in [1.807, 2.05) is 31.2 Å². The van der Waals surface area contributed by atoms with Crippen LogP contribution in [0.5, 0.6) is 0 Å². The fourth-order valence-corrected chi connectivity index (χ4v) is 6.21. The summed E-state index contributed by atoms with van der Waals surface area (Å²) in [5, 5.41) is 2.35. The second-order valence-electron chi connectivity index (χ2n) is 10.3. The molecule has 1 N–H and O–H groups in total. The fourth-order valence-electron chi connectivity index (χ4n) is 5.37. The number of rotatable bonds is 5. The largest absolute Gasteiger partial charge is 0.364 e. The number of hydrogen-bond acceptors (Lipinski definition) is 5. The van der Waals surface area contributed by atoms with E-state index in [2.05, 4.69) is 57.0 Å². The van der Waals surface area contributed by atoms with E-state index < -0.39 is 17.1 Å². The predicted molar refractivity (Wildman–Crippen MR) is 144 cm³/mol. The van der Waals surface area contributed by atoms with Gasteiger partial charge >= 0.3 is 0 Å². The van der Waals surface area contributed by atoms with Crippen molar-refractivity contribution in [3.8, 4) is 0 Å². The van der Waals surface area contributed by atoms with Crippen LogP contribution >= 0.6 is 11.8 Å². The Balaban J connectivity index is 1.53. The number of nitrogens with one attached hydrogen (secondary N) is 1. The fraction of sp³-hybridized carbons (Fsp3) is 0.393. The van der Waals surface area contributed by atoms with Crippen LogP contribution < -0.4 is 10.2 Å². The molecule has 2 aromatic rings. The molecule has 6 nitrogen and oxygen atoms in total. The summed E-state index contributed by atoms with van der Waals surface area (Å²) < 4.78 is 0. The molecule has 1 atom stereocenters. The number of fused-ring (bicyclic) bond motifs is 1. The van der Waals surface area contributed by atoms with Crippen molar-refractivity contribution in [2.24, 2.45) is 0 Å². The maximum absolute atomic E-state index is 13.0. The summed E-state index contributed by atoms with van der Waals surface area (Å²) >= 11 is 0.880. The van der Waals surface area contributed by atoms with Crippen LogP contribution in [0.3, 0.4) is 0 Å². The lowest BCUT2D eigenvalue weighted by Gasteiger charge is -2.50. The minimum Gasteiger partial charge on any atom is -0.364 e. The number of para-hydroxylation sites is 1. The first-order chi connectivity index (χ1) is 16.5. The molecule has 184 valence electrons. The molecule has 0 radical (unpaired) electrons. The van der Waals surface area contributed by atoms with E-state index in [0.717, 1.165) is 34.2 Å². The summed E-state index contributed by atoms with van der Waals surface area (Å²) in [6.45, 7) is 12.8. The maximum Gasteiger partial charge on any atom is 0.294 e. The minimum atomic E-state index is -0.435. The molecule has 2 heterocycles. The van der Waals surface area contributed by atoms with Crippen LogP contribution in [0.4, 0.5) is 16.2 Å². The van der Waals surface area contributed by atoms with Crippen LogP contribution in [0.25, 0.3) is 6.08 Å². The molecule has 7 heteroatoms. The molecular formula is C28H33N3O3S. The molecule has 0 saturated carbocycles. The van der Waals surface area contributed by atoms with Crippen LogP contribution in [0.15, 0.2) is 47.4 Å². The molecule has 1 fully saturated rings. The smallest absolute Gasteiger partial charge is 0.294 e. The summed E-state index contributed by atoms with van der Waals surface area (Å²) in [5.74, 6) is -0.457. The zero-order valence-electron chi connectivity index (χ0n) is 21.2. The highest BCUT2D eigenvalue weighted by Crippen LogP contribution is 2.45. The van der Waals surface area contributed by atoms with Gasteiger partial charge in [-0.05, 0) is 99.7 Å². The Morgan fingerprint density at radius 2 is 1.91 bits per heavy atom. The van der Waals surface area contributed by atoms with Gasteiger partial charge in [-0.2, -0.15) is 0 Å². The molecule has 3 amide bonds. The lowest BCUT2D eigenvalue weighted by atomic mass is 9.79. The van der Waals surface area contributed by atoms with E-state index in [1.54, 1.807) is 12.1 Å². The Bertz CT molecular complexity index is 1220. The van der Waals surface area contributed by atoms with Gasteiger partial charge in [-0.25, -0.2) is 0 Å². The van der Waals surface area contributed by atoms with Crippen molar-refractivity contribution in [1.82, 2.24) is 4.90 Å². The number of carbonyl (C=O) groups excluding carboxylic acids is 3. The topological polar surface area (TPSA) is 69.7 Å². The van der Waals surface area contributed by atoms with Crippen molar-refractivity contribution in [2.45, 2.75) is 65.5 Å². The van der Waals surface area contributed by atoms with Crippen molar-refractivity contribution in [2.75, 3.05) is 16.8 Å². The third-order valence-electron chi connectivity index (χ3n) is 6.71. The van der Waals surface area contributed by atoms with Crippen LogP contribution in [-0.4, -0.2) is 40.1 Å². The average Bonchev–Trinajstić information content (AvgIpc) is 3.02. The van der Waals surface area contributed by atoms with Crippen molar-refractivity contribution >= 4 is 46.3 Å². The molecule has 0 unspecified atom stereocenters. The van der Waals surface area contributed by atoms with Gasteiger partial charge in [0, 0.05) is 23.0 Å². The Kier molecular flexibility index (Phi) is 6.82. The van der Waals surface area contributed by atoms with Crippen LogP contribution in [-0.2, 0) is 9.59 Å².